The first-order valence-corrected chi connectivity index (χ1v) is 5.72. The minimum Gasteiger partial charge on any atom is -0.383 e. The van der Waals surface area contributed by atoms with E-state index in [1.807, 2.05) is 0 Å². The van der Waals surface area contributed by atoms with Crippen LogP contribution in [0, 0.1) is 0 Å². The largest absolute Gasteiger partial charge is 0.383 e. The summed E-state index contributed by atoms with van der Waals surface area (Å²) in [5.41, 5.74) is 6.17. The zero-order valence-electron chi connectivity index (χ0n) is 8.67. The van der Waals surface area contributed by atoms with Crippen molar-refractivity contribution < 1.29 is 9.53 Å². The molecule has 1 amide bonds. The first-order chi connectivity index (χ1) is 7.54. The van der Waals surface area contributed by atoms with Crippen LogP contribution in [0.1, 0.15) is 0 Å². The molecular formula is C10H12BrClN2O2. The molecule has 6 heteroatoms. The Bertz CT molecular complexity index is 387. The van der Waals surface area contributed by atoms with Crippen LogP contribution in [-0.2, 0) is 9.53 Å². The molecule has 0 aliphatic rings. The minimum atomic E-state index is -0.688. The van der Waals surface area contributed by atoms with Crippen molar-refractivity contribution in [3.05, 3.63) is 27.7 Å². The molecule has 1 atom stereocenters. The molecule has 4 nitrogen and oxygen atoms in total. The highest BCUT2D eigenvalue weighted by Gasteiger charge is 2.13. The normalized spacial score (nSPS) is 12.2. The minimum absolute atomic E-state index is 0.177. The van der Waals surface area contributed by atoms with E-state index in [1.54, 1.807) is 18.2 Å². The molecule has 0 fully saturated rings. The second-order valence-corrected chi connectivity index (χ2v) is 4.44. The molecule has 0 bridgehead atoms. The number of hydrogen-bond acceptors (Lipinski definition) is 3. The second-order valence-electron chi connectivity index (χ2n) is 3.18. The molecule has 0 aliphatic heterocycles. The van der Waals surface area contributed by atoms with E-state index in [9.17, 15) is 4.79 Å². The molecule has 0 saturated carbocycles. The molecule has 0 saturated heterocycles. The maximum absolute atomic E-state index is 11.5. The van der Waals surface area contributed by atoms with Gasteiger partial charge in [0, 0.05) is 17.3 Å². The number of carbonyl (C=O) groups excluding carboxylic acids is 1. The average Bonchev–Trinajstić information content (AvgIpc) is 2.24. The Morgan fingerprint density at radius 2 is 2.38 bits per heavy atom. The van der Waals surface area contributed by atoms with Crippen LogP contribution in [0.15, 0.2) is 22.7 Å². The van der Waals surface area contributed by atoms with Gasteiger partial charge in [-0.05, 0) is 34.1 Å². The standard InChI is InChI=1S/C10H12BrClN2O2/c1-16-5-9(13)10(15)14-6-2-3-7(11)8(12)4-6/h2-4,9H,5,13H2,1H3,(H,14,15). The molecule has 0 aromatic heterocycles. The van der Waals surface area contributed by atoms with Crippen LogP contribution in [-0.4, -0.2) is 25.7 Å². The third kappa shape index (κ3) is 3.75. The maximum atomic E-state index is 11.5. The van der Waals surface area contributed by atoms with Gasteiger partial charge in [-0.15, -0.1) is 0 Å². The fraction of sp³-hybridized carbons (Fsp3) is 0.300. The maximum Gasteiger partial charge on any atom is 0.243 e. The van der Waals surface area contributed by atoms with Gasteiger partial charge in [-0.1, -0.05) is 11.6 Å². The molecule has 1 aromatic carbocycles. The van der Waals surface area contributed by atoms with E-state index in [0.717, 1.165) is 4.47 Å². The average molecular weight is 308 g/mol. The number of anilines is 1. The molecule has 16 heavy (non-hydrogen) atoms. The highest BCUT2D eigenvalue weighted by molar-refractivity contribution is 9.10. The molecule has 3 N–H and O–H groups in total. The Kier molecular flexibility index (Phi) is 5.21. The topological polar surface area (TPSA) is 64.3 Å². The molecule has 0 spiro atoms. The summed E-state index contributed by atoms with van der Waals surface area (Å²) < 4.78 is 5.56. The smallest absolute Gasteiger partial charge is 0.243 e. The summed E-state index contributed by atoms with van der Waals surface area (Å²) in [4.78, 5) is 11.5. The lowest BCUT2D eigenvalue weighted by Crippen LogP contribution is -2.39. The van der Waals surface area contributed by atoms with E-state index in [0.29, 0.717) is 10.7 Å². The van der Waals surface area contributed by atoms with E-state index in [4.69, 9.17) is 22.1 Å². The number of hydrogen-bond donors (Lipinski definition) is 2. The Morgan fingerprint density at radius 1 is 1.69 bits per heavy atom. The number of nitrogens with one attached hydrogen (secondary N) is 1. The van der Waals surface area contributed by atoms with E-state index < -0.39 is 6.04 Å². The van der Waals surface area contributed by atoms with Gasteiger partial charge in [-0.3, -0.25) is 4.79 Å². The van der Waals surface area contributed by atoms with Crippen LogP contribution in [0.3, 0.4) is 0 Å². The molecule has 1 unspecified atom stereocenters. The molecule has 0 radical (unpaired) electrons. The fourth-order valence-electron chi connectivity index (χ4n) is 1.06. The van der Waals surface area contributed by atoms with Gasteiger partial charge in [0.25, 0.3) is 0 Å². The highest BCUT2D eigenvalue weighted by Crippen LogP contribution is 2.25. The van der Waals surface area contributed by atoms with Crippen molar-refractivity contribution in [1.82, 2.24) is 0 Å². The number of halogens is 2. The van der Waals surface area contributed by atoms with Gasteiger partial charge in [0.1, 0.15) is 6.04 Å². The van der Waals surface area contributed by atoms with E-state index >= 15 is 0 Å². The Balaban J connectivity index is 2.66. The zero-order chi connectivity index (χ0) is 12.1. The van der Waals surface area contributed by atoms with Crippen molar-refractivity contribution in [2.24, 2.45) is 5.73 Å². The van der Waals surface area contributed by atoms with Crippen molar-refractivity contribution in [3.63, 3.8) is 0 Å². The van der Waals surface area contributed by atoms with Crippen molar-refractivity contribution >= 4 is 39.1 Å². The molecule has 0 heterocycles. The third-order valence-corrected chi connectivity index (χ3v) is 3.10. The van der Waals surface area contributed by atoms with Gasteiger partial charge in [0.15, 0.2) is 0 Å². The van der Waals surface area contributed by atoms with Crippen LogP contribution in [0.5, 0.6) is 0 Å². The van der Waals surface area contributed by atoms with Crippen LogP contribution < -0.4 is 11.1 Å². The predicted octanol–water partition coefficient (Wildman–Crippen LogP) is 2.01. The van der Waals surface area contributed by atoms with Gasteiger partial charge >= 0.3 is 0 Å². The van der Waals surface area contributed by atoms with E-state index in [1.165, 1.54) is 7.11 Å². The number of amides is 1. The molecule has 88 valence electrons. The molecule has 1 aromatic rings. The van der Waals surface area contributed by atoms with Gasteiger partial charge in [0.2, 0.25) is 5.91 Å². The lowest BCUT2D eigenvalue weighted by atomic mass is 10.2. The number of ether oxygens (including phenoxy) is 1. The van der Waals surface area contributed by atoms with E-state index in [-0.39, 0.29) is 12.5 Å². The Morgan fingerprint density at radius 3 is 2.94 bits per heavy atom. The van der Waals surface area contributed by atoms with E-state index in [2.05, 4.69) is 21.2 Å². The second kappa shape index (κ2) is 6.20. The van der Waals surface area contributed by atoms with Gasteiger partial charge in [0.05, 0.1) is 11.6 Å². The zero-order valence-corrected chi connectivity index (χ0v) is 11.0. The van der Waals surface area contributed by atoms with Crippen molar-refractivity contribution in [3.8, 4) is 0 Å². The van der Waals surface area contributed by atoms with Crippen LogP contribution in [0.2, 0.25) is 5.02 Å². The number of benzene rings is 1. The summed E-state index contributed by atoms with van der Waals surface area (Å²) in [7, 11) is 1.49. The summed E-state index contributed by atoms with van der Waals surface area (Å²) in [6.45, 7) is 0.177. The predicted molar refractivity (Wildman–Crippen MR) is 67.6 cm³/mol. The SMILES string of the molecule is COCC(N)C(=O)Nc1ccc(Br)c(Cl)c1. The van der Waals surface area contributed by atoms with Gasteiger partial charge < -0.3 is 15.8 Å². The van der Waals surface area contributed by atoms with Crippen molar-refractivity contribution in [2.75, 3.05) is 19.0 Å². The third-order valence-electron chi connectivity index (χ3n) is 1.87. The number of carbonyl (C=O) groups is 1. The van der Waals surface area contributed by atoms with Crippen molar-refractivity contribution in [1.29, 1.82) is 0 Å². The first kappa shape index (κ1) is 13.4. The first-order valence-electron chi connectivity index (χ1n) is 4.55. The highest BCUT2D eigenvalue weighted by atomic mass is 79.9. The molecule has 1 rings (SSSR count). The summed E-state index contributed by atoms with van der Waals surface area (Å²) in [6, 6.07) is 4.43. The van der Waals surface area contributed by atoms with Crippen molar-refractivity contribution in [2.45, 2.75) is 6.04 Å². The number of rotatable bonds is 4. The summed E-state index contributed by atoms with van der Waals surface area (Å²) in [6.07, 6.45) is 0. The fourth-order valence-corrected chi connectivity index (χ4v) is 1.49. The number of nitrogens with two attached hydrogens (primary N) is 1. The van der Waals surface area contributed by atoms with Crippen LogP contribution in [0.4, 0.5) is 5.69 Å². The summed E-state index contributed by atoms with van der Waals surface area (Å²) >= 11 is 9.14. The Labute approximate surface area is 107 Å². The lowest BCUT2D eigenvalue weighted by molar-refractivity contribution is -0.118. The van der Waals surface area contributed by atoms with Gasteiger partial charge in [-0.25, -0.2) is 0 Å². The lowest BCUT2D eigenvalue weighted by Gasteiger charge is -2.11. The quantitative estimate of drug-likeness (QED) is 0.894. The Hall–Kier alpha value is -0.620. The van der Waals surface area contributed by atoms with Gasteiger partial charge in [-0.2, -0.15) is 0 Å². The van der Waals surface area contributed by atoms with Crippen LogP contribution in [0.25, 0.3) is 0 Å². The molecule has 0 aliphatic carbocycles. The van der Waals surface area contributed by atoms with Crippen LogP contribution >= 0.6 is 27.5 Å². The number of methoxy groups -OCH3 is 1. The summed E-state index contributed by atoms with van der Waals surface area (Å²) in [5, 5.41) is 3.17. The molecular weight excluding hydrogens is 295 g/mol. The monoisotopic (exact) mass is 306 g/mol. The summed E-state index contributed by atoms with van der Waals surface area (Å²) in [5.74, 6) is -0.305.